The summed E-state index contributed by atoms with van der Waals surface area (Å²) < 4.78 is 0. The molecule has 1 aliphatic rings. The van der Waals surface area contributed by atoms with Gasteiger partial charge in [0.05, 0.1) is 11.1 Å². The van der Waals surface area contributed by atoms with Crippen molar-refractivity contribution < 1.29 is 4.79 Å². The lowest BCUT2D eigenvalue weighted by atomic mass is 10.1. The quantitative estimate of drug-likeness (QED) is 0.731. The molecular formula is C21H22N4O. The second-order valence-corrected chi connectivity index (χ2v) is 6.52. The van der Waals surface area contributed by atoms with Crippen molar-refractivity contribution >= 4 is 22.5 Å². The van der Waals surface area contributed by atoms with E-state index in [4.69, 9.17) is 4.98 Å². The molecule has 0 unspecified atom stereocenters. The number of para-hydroxylation sites is 1. The minimum absolute atomic E-state index is 0.0617. The number of fused-ring (bicyclic) bond motifs is 1. The van der Waals surface area contributed by atoms with E-state index in [0.717, 1.165) is 30.7 Å². The number of amides is 1. The molecule has 3 heterocycles. The topological polar surface area (TPSA) is 49.3 Å². The Bertz CT molecular complexity index is 918. The van der Waals surface area contributed by atoms with Gasteiger partial charge in [0.2, 0.25) is 0 Å². The van der Waals surface area contributed by atoms with Crippen molar-refractivity contribution in [1.82, 2.24) is 14.9 Å². The average molecular weight is 346 g/mol. The Morgan fingerprint density at radius 1 is 1.08 bits per heavy atom. The number of aryl methyl sites for hydroxylation is 1. The molecule has 26 heavy (non-hydrogen) atoms. The summed E-state index contributed by atoms with van der Waals surface area (Å²) in [6.07, 6.45) is 4.24. The Morgan fingerprint density at radius 3 is 2.62 bits per heavy atom. The van der Waals surface area contributed by atoms with Gasteiger partial charge >= 0.3 is 0 Å². The molecular weight excluding hydrogens is 324 g/mol. The van der Waals surface area contributed by atoms with Crippen LogP contribution in [-0.4, -0.2) is 47.0 Å². The molecule has 1 aromatic carbocycles. The smallest absolute Gasteiger partial charge is 0.255 e. The van der Waals surface area contributed by atoms with Gasteiger partial charge in [-0.2, -0.15) is 0 Å². The molecule has 132 valence electrons. The molecule has 0 saturated carbocycles. The predicted molar refractivity (Wildman–Crippen MR) is 103 cm³/mol. The number of hydrogen-bond acceptors (Lipinski definition) is 4. The molecule has 1 fully saturated rings. The average Bonchev–Trinajstić information content (AvgIpc) is 2.73. The van der Waals surface area contributed by atoms with Gasteiger partial charge in [0, 0.05) is 55.3 Å². The van der Waals surface area contributed by atoms with Gasteiger partial charge in [-0.15, -0.1) is 0 Å². The molecule has 0 bridgehead atoms. The van der Waals surface area contributed by atoms with Crippen molar-refractivity contribution in [2.45, 2.75) is 13.3 Å². The minimum atomic E-state index is 0.0617. The van der Waals surface area contributed by atoms with E-state index in [0.29, 0.717) is 18.7 Å². The summed E-state index contributed by atoms with van der Waals surface area (Å²) in [5, 5.41) is 1.18. The fraction of sp³-hybridized carbons (Fsp3) is 0.286. The highest BCUT2D eigenvalue weighted by Crippen LogP contribution is 2.28. The van der Waals surface area contributed by atoms with E-state index < -0.39 is 0 Å². The van der Waals surface area contributed by atoms with Crippen molar-refractivity contribution in [3.05, 3.63) is 66.1 Å². The summed E-state index contributed by atoms with van der Waals surface area (Å²) in [6, 6.07) is 14.1. The van der Waals surface area contributed by atoms with Crippen LogP contribution in [0.3, 0.4) is 0 Å². The molecule has 5 nitrogen and oxygen atoms in total. The Hall–Kier alpha value is -2.95. The first kappa shape index (κ1) is 16.5. The van der Waals surface area contributed by atoms with Crippen LogP contribution in [0.25, 0.3) is 10.9 Å². The third kappa shape index (κ3) is 3.12. The van der Waals surface area contributed by atoms with Crippen LogP contribution < -0.4 is 4.90 Å². The van der Waals surface area contributed by atoms with Crippen LogP contribution in [0.15, 0.2) is 54.9 Å². The third-order valence-corrected chi connectivity index (χ3v) is 4.93. The van der Waals surface area contributed by atoms with Crippen molar-refractivity contribution in [1.29, 1.82) is 0 Å². The first-order chi connectivity index (χ1) is 12.8. The monoisotopic (exact) mass is 346 g/mol. The highest BCUT2D eigenvalue weighted by atomic mass is 16.2. The Labute approximate surface area is 153 Å². The highest BCUT2D eigenvalue weighted by Gasteiger charge is 2.23. The number of rotatable bonds is 3. The van der Waals surface area contributed by atoms with Gasteiger partial charge in [-0.05, 0) is 30.7 Å². The minimum Gasteiger partial charge on any atom is -0.367 e. The van der Waals surface area contributed by atoms with Gasteiger partial charge in [-0.1, -0.05) is 25.1 Å². The second-order valence-electron chi connectivity index (χ2n) is 6.52. The van der Waals surface area contributed by atoms with Gasteiger partial charge in [0.25, 0.3) is 5.91 Å². The lowest BCUT2D eigenvalue weighted by molar-refractivity contribution is 0.0746. The summed E-state index contributed by atoms with van der Waals surface area (Å²) in [5.74, 6) is 0.0617. The number of nitrogens with zero attached hydrogens (tertiary/aromatic N) is 4. The van der Waals surface area contributed by atoms with Gasteiger partial charge in [-0.25, -0.2) is 0 Å². The molecule has 5 heteroatoms. The van der Waals surface area contributed by atoms with Gasteiger partial charge in [0.1, 0.15) is 0 Å². The number of aromatic nitrogens is 2. The van der Waals surface area contributed by atoms with E-state index in [1.165, 1.54) is 11.1 Å². The molecule has 0 spiro atoms. The van der Waals surface area contributed by atoms with Crippen molar-refractivity contribution in [3.8, 4) is 0 Å². The molecule has 1 saturated heterocycles. The van der Waals surface area contributed by atoms with Crippen LogP contribution in [0.2, 0.25) is 0 Å². The maximum absolute atomic E-state index is 12.6. The zero-order valence-electron chi connectivity index (χ0n) is 14.9. The standard InChI is InChI=1S/C21H22N4O/c1-2-17-14-20(18-7-3-4-8-19(18)23-17)24-10-12-25(13-11-24)21(26)16-6-5-9-22-15-16/h3-9,14-15H,2,10-13H2,1H3. The van der Waals surface area contributed by atoms with Crippen LogP contribution >= 0.6 is 0 Å². The summed E-state index contributed by atoms with van der Waals surface area (Å²) in [6.45, 7) is 5.20. The number of piperazine rings is 1. The fourth-order valence-electron chi connectivity index (χ4n) is 3.48. The molecule has 1 aliphatic heterocycles. The van der Waals surface area contributed by atoms with E-state index in [9.17, 15) is 4.79 Å². The number of carbonyl (C=O) groups excluding carboxylic acids is 1. The largest absolute Gasteiger partial charge is 0.367 e. The van der Waals surface area contributed by atoms with Gasteiger partial charge in [0.15, 0.2) is 0 Å². The first-order valence-electron chi connectivity index (χ1n) is 9.09. The summed E-state index contributed by atoms with van der Waals surface area (Å²) >= 11 is 0. The molecule has 0 aliphatic carbocycles. The predicted octanol–water partition coefficient (Wildman–Crippen LogP) is 3.15. The summed E-state index contributed by atoms with van der Waals surface area (Å²) in [7, 11) is 0. The fourth-order valence-corrected chi connectivity index (χ4v) is 3.48. The van der Waals surface area contributed by atoms with Crippen LogP contribution in [0.4, 0.5) is 5.69 Å². The number of carbonyl (C=O) groups is 1. The highest BCUT2D eigenvalue weighted by molar-refractivity contribution is 5.94. The zero-order chi connectivity index (χ0) is 17.9. The normalized spacial score (nSPS) is 14.7. The van der Waals surface area contributed by atoms with Crippen LogP contribution in [-0.2, 0) is 6.42 Å². The Morgan fingerprint density at radius 2 is 1.88 bits per heavy atom. The maximum Gasteiger partial charge on any atom is 0.255 e. The summed E-state index contributed by atoms with van der Waals surface area (Å²) in [5.41, 5.74) is 4.02. The van der Waals surface area contributed by atoms with E-state index in [-0.39, 0.29) is 5.91 Å². The van der Waals surface area contributed by atoms with Crippen molar-refractivity contribution in [2.24, 2.45) is 0 Å². The molecule has 0 atom stereocenters. The third-order valence-electron chi connectivity index (χ3n) is 4.93. The SMILES string of the molecule is CCc1cc(N2CCN(C(=O)c3cccnc3)CC2)c2ccccc2n1. The van der Waals surface area contributed by atoms with E-state index in [2.05, 4.69) is 41.1 Å². The number of pyridine rings is 2. The van der Waals surface area contributed by atoms with Gasteiger partial charge in [-0.3, -0.25) is 14.8 Å². The van der Waals surface area contributed by atoms with Crippen LogP contribution in [0.1, 0.15) is 23.0 Å². The Kier molecular flexibility index (Phi) is 4.52. The lowest BCUT2D eigenvalue weighted by Crippen LogP contribution is -2.48. The van der Waals surface area contributed by atoms with Crippen LogP contribution in [0.5, 0.6) is 0 Å². The molecule has 0 N–H and O–H groups in total. The van der Waals surface area contributed by atoms with Crippen LogP contribution in [0, 0.1) is 0 Å². The maximum atomic E-state index is 12.6. The lowest BCUT2D eigenvalue weighted by Gasteiger charge is -2.36. The van der Waals surface area contributed by atoms with Crippen molar-refractivity contribution in [2.75, 3.05) is 31.1 Å². The van der Waals surface area contributed by atoms with Crippen molar-refractivity contribution in [3.63, 3.8) is 0 Å². The van der Waals surface area contributed by atoms with E-state index in [1.54, 1.807) is 18.5 Å². The van der Waals surface area contributed by atoms with Gasteiger partial charge < -0.3 is 9.80 Å². The zero-order valence-corrected chi connectivity index (χ0v) is 14.9. The van der Waals surface area contributed by atoms with E-state index >= 15 is 0 Å². The molecule has 2 aromatic heterocycles. The molecule has 1 amide bonds. The molecule has 3 aromatic rings. The Balaban J connectivity index is 1.55. The molecule has 0 radical (unpaired) electrons. The number of hydrogen-bond donors (Lipinski definition) is 0. The number of benzene rings is 1. The van der Waals surface area contributed by atoms with E-state index in [1.807, 2.05) is 17.0 Å². The first-order valence-corrected chi connectivity index (χ1v) is 9.09. The second kappa shape index (κ2) is 7.12. The molecule has 4 rings (SSSR count). The summed E-state index contributed by atoms with van der Waals surface area (Å²) in [4.78, 5) is 25.7. The number of anilines is 1.